The highest BCUT2D eigenvalue weighted by molar-refractivity contribution is 5.91. The second-order valence-electron chi connectivity index (χ2n) is 2.20. The van der Waals surface area contributed by atoms with Crippen LogP contribution in [0.3, 0.4) is 0 Å². The zero-order valence-corrected chi connectivity index (χ0v) is 6.68. The van der Waals surface area contributed by atoms with E-state index in [1.54, 1.807) is 13.1 Å². The van der Waals surface area contributed by atoms with Crippen molar-refractivity contribution >= 4 is 5.91 Å². The van der Waals surface area contributed by atoms with E-state index >= 15 is 0 Å². The van der Waals surface area contributed by atoms with Crippen molar-refractivity contribution in [2.24, 2.45) is 0 Å². The first-order valence-corrected chi connectivity index (χ1v) is 3.58. The van der Waals surface area contributed by atoms with Gasteiger partial charge in [-0.05, 0) is 12.1 Å². The lowest BCUT2D eigenvalue weighted by atomic mass is 10.3. The van der Waals surface area contributed by atoms with Crippen molar-refractivity contribution in [3.8, 4) is 0 Å². The van der Waals surface area contributed by atoms with Gasteiger partial charge >= 0.3 is 0 Å². The molecule has 60 valence electrons. The molecule has 0 atom stereocenters. The van der Waals surface area contributed by atoms with Gasteiger partial charge < -0.3 is 9.73 Å². The van der Waals surface area contributed by atoms with Crippen LogP contribution in [-0.2, 0) is 6.42 Å². The van der Waals surface area contributed by atoms with Crippen molar-refractivity contribution in [2.45, 2.75) is 13.3 Å². The van der Waals surface area contributed by atoms with E-state index in [2.05, 4.69) is 5.32 Å². The van der Waals surface area contributed by atoms with Gasteiger partial charge in [0.2, 0.25) is 0 Å². The van der Waals surface area contributed by atoms with Crippen LogP contribution >= 0.6 is 0 Å². The van der Waals surface area contributed by atoms with Crippen molar-refractivity contribution in [1.29, 1.82) is 0 Å². The van der Waals surface area contributed by atoms with Gasteiger partial charge in [0.05, 0.1) is 0 Å². The van der Waals surface area contributed by atoms with E-state index < -0.39 is 0 Å². The van der Waals surface area contributed by atoms with Crippen LogP contribution in [-0.4, -0.2) is 13.0 Å². The molecule has 0 aliphatic heterocycles. The molecule has 0 aromatic carbocycles. The first kappa shape index (κ1) is 7.85. The van der Waals surface area contributed by atoms with Crippen molar-refractivity contribution in [3.63, 3.8) is 0 Å². The number of aryl methyl sites for hydroxylation is 1. The van der Waals surface area contributed by atoms with Crippen LogP contribution in [0.25, 0.3) is 0 Å². The Labute approximate surface area is 65.4 Å². The lowest BCUT2D eigenvalue weighted by molar-refractivity contribution is 0.0934. The SMILES string of the molecule is CCc1ccc(C(=O)NC)o1. The summed E-state index contributed by atoms with van der Waals surface area (Å²) < 4.78 is 5.17. The summed E-state index contributed by atoms with van der Waals surface area (Å²) >= 11 is 0. The Hall–Kier alpha value is -1.25. The average molecular weight is 153 g/mol. The average Bonchev–Trinajstić information content (AvgIpc) is 2.50. The maximum Gasteiger partial charge on any atom is 0.286 e. The maximum atomic E-state index is 10.9. The third-order valence-corrected chi connectivity index (χ3v) is 1.46. The van der Waals surface area contributed by atoms with Crippen LogP contribution in [0, 0.1) is 0 Å². The van der Waals surface area contributed by atoms with Crippen molar-refractivity contribution in [1.82, 2.24) is 5.32 Å². The monoisotopic (exact) mass is 153 g/mol. The summed E-state index contributed by atoms with van der Waals surface area (Å²) in [5.41, 5.74) is 0. The van der Waals surface area contributed by atoms with Gasteiger partial charge in [-0.15, -0.1) is 0 Å². The third kappa shape index (κ3) is 1.61. The molecule has 0 unspecified atom stereocenters. The molecule has 0 radical (unpaired) electrons. The molecule has 0 saturated carbocycles. The Morgan fingerprint density at radius 3 is 2.82 bits per heavy atom. The van der Waals surface area contributed by atoms with Gasteiger partial charge in [-0.3, -0.25) is 4.79 Å². The number of carbonyl (C=O) groups is 1. The summed E-state index contributed by atoms with van der Waals surface area (Å²) in [6, 6.07) is 3.49. The third-order valence-electron chi connectivity index (χ3n) is 1.46. The zero-order valence-electron chi connectivity index (χ0n) is 6.68. The van der Waals surface area contributed by atoms with Crippen LogP contribution in [0.5, 0.6) is 0 Å². The second-order valence-corrected chi connectivity index (χ2v) is 2.20. The van der Waals surface area contributed by atoms with E-state index in [9.17, 15) is 4.79 Å². The molecule has 1 heterocycles. The van der Waals surface area contributed by atoms with E-state index in [4.69, 9.17) is 4.42 Å². The molecule has 0 bridgehead atoms. The molecule has 0 spiro atoms. The van der Waals surface area contributed by atoms with Gasteiger partial charge in [0, 0.05) is 13.5 Å². The predicted molar refractivity (Wildman–Crippen MR) is 41.5 cm³/mol. The van der Waals surface area contributed by atoms with Crippen molar-refractivity contribution < 1.29 is 9.21 Å². The van der Waals surface area contributed by atoms with Gasteiger partial charge in [0.25, 0.3) is 5.91 Å². The van der Waals surface area contributed by atoms with Gasteiger partial charge in [-0.25, -0.2) is 0 Å². The minimum atomic E-state index is -0.176. The fourth-order valence-electron chi connectivity index (χ4n) is 0.813. The summed E-state index contributed by atoms with van der Waals surface area (Å²) in [4.78, 5) is 10.9. The quantitative estimate of drug-likeness (QED) is 0.693. The number of amides is 1. The highest BCUT2D eigenvalue weighted by Gasteiger charge is 2.06. The predicted octanol–water partition coefficient (Wildman–Crippen LogP) is 1.20. The molecule has 3 heteroatoms. The molecule has 0 fully saturated rings. The first-order chi connectivity index (χ1) is 5.27. The molecular weight excluding hydrogens is 142 g/mol. The fourth-order valence-corrected chi connectivity index (χ4v) is 0.813. The summed E-state index contributed by atoms with van der Waals surface area (Å²) in [6.07, 6.45) is 0.816. The topological polar surface area (TPSA) is 42.2 Å². The van der Waals surface area contributed by atoms with Crippen molar-refractivity contribution in [3.05, 3.63) is 23.7 Å². The van der Waals surface area contributed by atoms with Gasteiger partial charge in [0.15, 0.2) is 5.76 Å². The molecule has 1 aromatic rings. The smallest absolute Gasteiger partial charge is 0.286 e. The van der Waals surface area contributed by atoms with Crippen molar-refractivity contribution in [2.75, 3.05) is 7.05 Å². The number of nitrogens with one attached hydrogen (secondary N) is 1. The summed E-state index contributed by atoms with van der Waals surface area (Å²) in [5, 5.41) is 2.49. The van der Waals surface area contributed by atoms with Crippen LogP contribution in [0.4, 0.5) is 0 Å². The summed E-state index contributed by atoms with van der Waals surface area (Å²) in [7, 11) is 1.58. The Balaban J connectivity index is 2.80. The standard InChI is InChI=1S/C8H11NO2/c1-3-6-4-5-7(11-6)8(10)9-2/h4-5H,3H2,1-2H3,(H,9,10). The summed E-state index contributed by atoms with van der Waals surface area (Å²) in [6.45, 7) is 1.98. The molecule has 3 nitrogen and oxygen atoms in total. The lowest BCUT2D eigenvalue weighted by Gasteiger charge is -1.92. The first-order valence-electron chi connectivity index (χ1n) is 3.58. The Bertz CT molecular complexity index is 252. The Kier molecular flexibility index (Phi) is 2.31. The Morgan fingerprint density at radius 2 is 2.36 bits per heavy atom. The fraction of sp³-hybridized carbons (Fsp3) is 0.375. The van der Waals surface area contributed by atoms with E-state index in [1.165, 1.54) is 0 Å². The number of hydrogen-bond acceptors (Lipinski definition) is 2. The molecular formula is C8H11NO2. The van der Waals surface area contributed by atoms with Crippen LogP contribution < -0.4 is 5.32 Å². The van der Waals surface area contributed by atoms with Crippen LogP contribution in [0.2, 0.25) is 0 Å². The number of rotatable bonds is 2. The van der Waals surface area contributed by atoms with E-state index in [-0.39, 0.29) is 5.91 Å². The van der Waals surface area contributed by atoms with Gasteiger partial charge in [-0.1, -0.05) is 6.92 Å². The lowest BCUT2D eigenvalue weighted by Crippen LogP contribution is -2.16. The van der Waals surface area contributed by atoms with Gasteiger partial charge in [-0.2, -0.15) is 0 Å². The number of furan rings is 1. The molecule has 1 N–H and O–H groups in total. The molecule has 1 aromatic heterocycles. The van der Waals surface area contributed by atoms with E-state index in [0.29, 0.717) is 5.76 Å². The number of carbonyl (C=O) groups excluding carboxylic acids is 1. The molecule has 1 rings (SSSR count). The van der Waals surface area contributed by atoms with Gasteiger partial charge in [0.1, 0.15) is 5.76 Å². The highest BCUT2D eigenvalue weighted by atomic mass is 16.3. The molecule has 0 saturated heterocycles. The van der Waals surface area contributed by atoms with E-state index in [0.717, 1.165) is 12.2 Å². The molecule has 0 aliphatic rings. The zero-order chi connectivity index (χ0) is 8.27. The van der Waals surface area contributed by atoms with Crippen LogP contribution in [0.15, 0.2) is 16.5 Å². The Morgan fingerprint density at radius 1 is 1.64 bits per heavy atom. The highest BCUT2D eigenvalue weighted by Crippen LogP contribution is 2.07. The summed E-state index contributed by atoms with van der Waals surface area (Å²) in [5.74, 6) is 1.04. The largest absolute Gasteiger partial charge is 0.456 e. The minimum Gasteiger partial charge on any atom is -0.456 e. The number of hydrogen-bond donors (Lipinski definition) is 1. The molecule has 0 aliphatic carbocycles. The minimum absolute atomic E-state index is 0.176. The molecule has 11 heavy (non-hydrogen) atoms. The normalized spacial score (nSPS) is 9.64. The van der Waals surface area contributed by atoms with Crippen LogP contribution in [0.1, 0.15) is 23.2 Å². The maximum absolute atomic E-state index is 10.9. The molecule has 1 amide bonds. The second kappa shape index (κ2) is 3.23. The van der Waals surface area contributed by atoms with E-state index in [1.807, 2.05) is 13.0 Å².